The quantitative estimate of drug-likeness (QED) is 0.825. The molecule has 0 radical (unpaired) electrons. The molecule has 110 valence electrons. The van der Waals surface area contributed by atoms with Crippen molar-refractivity contribution in [1.82, 2.24) is 0 Å². The number of carbonyl (C=O) groups excluding carboxylic acids is 1. The summed E-state index contributed by atoms with van der Waals surface area (Å²) in [6.07, 6.45) is 0. The van der Waals surface area contributed by atoms with E-state index < -0.39 is 11.7 Å². The number of hydrogen-bond donors (Lipinski definition) is 2. The second kappa shape index (κ2) is 6.01. The topological polar surface area (TPSA) is 87.6 Å². The van der Waals surface area contributed by atoms with E-state index in [0.717, 1.165) is 6.07 Å². The Morgan fingerprint density at radius 1 is 1.19 bits per heavy atom. The van der Waals surface area contributed by atoms with Crippen LogP contribution in [0, 0.1) is 5.82 Å². The van der Waals surface area contributed by atoms with Crippen molar-refractivity contribution in [3.8, 4) is 17.2 Å². The Balaban J connectivity index is 2.40. The normalized spacial score (nSPS) is 10.2. The fourth-order valence-electron chi connectivity index (χ4n) is 1.66. The standard InChI is InChI=1S/C14H12BrFN2O3/c1-20-13-4-7(14(18)19)2-3-11(13)21-12-5-8(15)9(16)6-10(12)17/h2-6H,17H2,1H3,(H2,18,19). The molecule has 0 aliphatic heterocycles. The van der Waals surface area contributed by atoms with Gasteiger partial charge in [-0.05, 0) is 34.1 Å². The molecule has 4 N–H and O–H groups in total. The summed E-state index contributed by atoms with van der Waals surface area (Å²) in [5.74, 6) is -0.174. The number of ether oxygens (including phenoxy) is 2. The lowest BCUT2D eigenvalue weighted by molar-refractivity contribution is 0.1000. The Hall–Kier alpha value is -2.28. The minimum Gasteiger partial charge on any atom is -0.493 e. The number of amides is 1. The summed E-state index contributed by atoms with van der Waals surface area (Å²) in [4.78, 5) is 11.1. The van der Waals surface area contributed by atoms with E-state index in [9.17, 15) is 9.18 Å². The van der Waals surface area contributed by atoms with Gasteiger partial charge in [-0.1, -0.05) is 0 Å². The number of nitrogen functional groups attached to an aromatic ring is 1. The van der Waals surface area contributed by atoms with E-state index in [1.54, 1.807) is 0 Å². The molecule has 0 atom stereocenters. The molecule has 0 saturated heterocycles. The summed E-state index contributed by atoms with van der Waals surface area (Å²) < 4.78 is 24.3. The lowest BCUT2D eigenvalue weighted by Crippen LogP contribution is -2.10. The number of hydrogen-bond acceptors (Lipinski definition) is 4. The third-order valence-electron chi connectivity index (χ3n) is 2.72. The minimum atomic E-state index is -0.580. The molecule has 0 saturated carbocycles. The number of rotatable bonds is 4. The first-order valence-electron chi connectivity index (χ1n) is 5.82. The van der Waals surface area contributed by atoms with Crippen LogP contribution < -0.4 is 20.9 Å². The van der Waals surface area contributed by atoms with Crippen molar-refractivity contribution in [2.45, 2.75) is 0 Å². The number of benzene rings is 2. The second-order valence-corrected chi connectivity index (χ2v) is 4.99. The monoisotopic (exact) mass is 354 g/mol. The lowest BCUT2D eigenvalue weighted by Gasteiger charge is -2.13. The SMILES string of the molecule is COc1cc(C(N)=O)ccc1Oc1cc(Br)c(F)cc1N. The molecule has 0 fully saturated rings. The fraction of sp³-hybridized carbons (Fsp3) is 0.0714. The minimum absolute atomic E-state index is 0.136. The van der Waals surface area contributed by atoms with Gasteiger partial charge in [0, 0.05) is 17.7 Å². The van der Waals surface area contributed by atoms with E-state index in [1.807, 2.05) is 0 Å². The summed E-state index contributed by atoms with van der Waals surface area (Å²) in [6, 6.07) is 7.02. The van der Waals surface area contributed by atoms with Gasteiger partial charge in [-0.25, -0.2) is 4.39 Å². The van der Waals surface area contributed by atoms with E-state index in [2.05, 4.69) is 15.9 Å². The van der Waals surface area contributed by atoms with Crippen LogP contribution in [0.3, 0.4) is 0 Å². The molecule has 5 nitrogen and oxygen atoms in total. The van der Waals surface area contributed by atoms with Crippen molar-refractivity contribution in [3.63, 3.8) is 0 Å². The lowest BCUT2D eigenvalue weighted by atomic mass is 10.2. The molecule has 0 unspecified atom stereocenters. The van der Waals surface area contributed by atoms with Crippen molar-refractivity contribution in [1.29, 1.82) is 0 Å². The van der Waals surface area contributed by atoms with Crippen LogP contribution in [0.25, 0.3) is 0 Å². The van der Waals surface area contributed by atoms with Crippen LogP contribution in [0.1, 0.15) is 10.4 Å². The van der Waals surface area contributed by atoms with Crippen molar-refractivity contribution >= 4 is 27.5 Å². The van der Waals surface area contributed by atoms with Gasteiger partial charge in [0.2, 0.25) is 5.91 Å². The van der Waals surface area contributed by atoms with Crippen LogP contribution in [-0.2, 0) is 0 Å². The van der Waals surface area contributed by atoms with E-state index in [1.165, 1.54) is 31.4 Å². The first-order valence-corrected chi connectivity index (χ1v) is 6.62. The van der Waals surface area contributed by atoms with E-state index in [4.69, 9.17) is 20.9 Å². The highest BCUT2D eigenvalue weighted by molar-refractivity contribution is 9.10. The molecule has 0 heterocycles. The van der Waals surface area contributed by atoms with Gasteiger partial charge in [-0.2, -0.15) is 0 Å². The number of primary amides is 1. The third kappa shape index (κ3) is 3.25. The smallest absolute Gasteiger partial charge is 0.248 e. The van der Waals surface area contributed by atoms with Crippen molar-refractivity contribution in [3.05, 3.63) is 46.2 Å². The summed E-state index contributed by atoms with van der Waals surface area (Å²) in [5.41, 5.74) is 11.3. The highest BCUT2D eigenvalue weighted by atomic mass is 79.9. The van der Waals surface area contributed by atoms with Gasteiger partial charge in [0.25, 0.3) is 0 Å². The molecule has 2 aromatic carbocycles. The fourth-order valence-corrected chi connectivity index (χ4v) is 1.98. The first kappa shape index (κ1) is 15.1. The Labute approximate surface area is 128 Å². The van der Waals surface area contributed by atoms with Crippen LogP contribution in [0.4, 0.5) is 10.1 Å². The van der Waals surface area contributed by atoms with Gasteiger partial charge in [0.1, 0.15) is 5.82 Å². The van der Waals surface area contributed by atoms with Crippen LogP contribution in [-0.4, -0.2) is 13.0 Å². The van der Waals surface area contributed by atoms with Crippen LogP contribution in [0.5, 0.6) is 17.2 Å². The van der Waals surface area contributed by atoms with Gasteiger partial charge in [0.05, 0.1) is 17.3 Å². The van der Waals surface area contributed by atoms with Crippen molar-refractivity contribution in [2.75, 3.05) is 12.8 Å². The van der Waals surface area contributed by atoms with Gasteiger partial charge in [0.15, 0.2) is 17.2 Å². The number of nitrogens with two attached hydrogens (primary N) is 2. The van der Waals surface area contributed by atoms with E-state index in [-0.39, 0.29) is 21.5 Å². The number of halogens is 2. The van der Waals surface area contributed by atoms with Crippen LogP contribution in [0.15, 0.2) is 34.8 Å². The maximum Gasteiger partial charge on any atom is 0.248 e. The predicted molar refractivity (Wildman–Crippen MR) is 80.1 cm³/mol. The highest BCUT2D eigenvalue weighted by Crippen LogP contribution is 2.36. The van der Waals surface area contributed by atoms with E-state index >= 15 is 0 Å². The van der Waals surface area contributed by atoms with Gasteiger partial charge in [-0.15, -0.1) is 0 Å². The molecule has 0 aliphatic carbocycles. The molecule has 21 heavy (non-hydrogen) atoms. The summed E-state index contributed by atoms with van der Waals surface area (Å²) in [6.45, 7) is 0. The predicted octanol–water partition coefficient (Wildman–Crippen LogP) is 3.07. The third-order valence-corrected chi connectivity index (χ3v) is 3.33. The maximum atomic E-state index is 13.3. The van der Waals surface area contributed by atoms with E-state index in [0.29, 0.717) is 11.5 Å². The Morgan fingerprint density at radius 3 is 2.52 bits per heavy atom. The Bertz CT molecular complexity index is 707. The zero-order valence-corrected chi connectivity index (χ0v) is 12.6. The van der Waals surface area contributed by atoms with Crippen LogP contribution >= 0.6 is 15.9 Å². The summed E-state index contributed by atoms with van der Waals surface area (Å²) >= 11 is 3.06. The van der Waals surface area contributed by atoms with Crippen molar-refractivity contribution < 1.29 is 18.7 Å². The molecule has 0 aromatic heterocycles. The summed E-state index contributed by atoms with van der Waals surface area (Å²) in [5, 5.41) is 0. The van der Waals surface area contributed by atoms with Gasteiger partial charge < -0.3 is 20.9 Å². The molecular formula is C14H12BrFN2O3. The highest BCUT2D eigenvalue weighted by Gasteiger charge is 2.13. The zero-order valence-electron chi connectivity index (χ0n) is 11.0. The molecule has 7 heteroatoms. The average molecular weight is 355 g/mol. The number of anilines is 1. The molecular weight excluding hydrogens is 343 g/mol. The molecule has 2 rings (SSSR count). The molecule has 0 bridgehead atoms. The van der Waals surface area contributed by atoms with Crippen LogP contribution in [0.2, 0.25) is 0 Å². The maximum absolute atomic E-state index is 13.3. The zero-order chi connectivity index (χ0) is 15.6. The average Bonchev–Trinajstić information content (AvgIpc) is 2.44. The molecule has 0 aliphatic rings. The summed E-state index contributed by atoms with van der Waals surface area (Å²) in [7, 11) is 1.43. The van der Waals surface area contributed by atoms with Gasteiger partial charge in [-0.3, -0.25) is 4.79 Å². The first-order chi connectivity index (χ1) is 9.92. The molecule has 1 amide bonds. The molecule has 2 aromatic rings. The number of carbonyl (C=O) groups is 1. The number of methoxy groups -OCH3 is 1. The molecule has 0 spiro atoms. The second-order valence-electron chi connectivity index (χ2n) is 4.14. The van der Waals surface area contributed by atoms with Crippen molar-refractivity contribution in [2.24, 2.45) is 5.73 Å². The van der Waals surface area contributed by atoms with Gasteiger partial charge >= 0.3 is 0 Å². The largest absolute Gasteiger partial charge is 0.493 e. The Morgan fingerprint density at radius 2 is 1.90 bits per heavy atom. The Kier molecular flexibility index (Phi) is 4.32.